The summed E-state index contributed by atoms with van der Waals surface area (Å²) in [5, 5.41) is 13.6. The van der Waals surface area contributed by atoms with E-state index >= 15 is 0 Å². The van der Waals surface area contributed by atoms with E-state index in [-0.39, 0.29) is 12.7 Å². The van der Waals surface area contributed by atoms with Crippen molar-refractivity contribution in [2.75, 3.05) is 6.79 Å². The minimum absolute atomic E-state index is 0.119. The summed E-state index contributed by atoms with van der Waals surface area (Å²) in [5.74, 6) is 1.71. The molecule has 2 saturated carbocycles. The number of hydrogen-bond donors (Lipinski definition) is 2. The minimum atomic E-state index is -0.991. The number of fused-ring (bicyclic) bond motifs is 3. The topological polar surface area (TPSA) is 108 Å². The number of carboxylic acid groups (broad SMARTS) is 1. The predicted octanol–water partition coefficient (Wildman–Crippen LogP) is 7.03. The molecule has 5 aromatic rings. The van der Waals surface area contributed by atoms with Gasteiger partial charge in [0, 0.05) is 42.2 Å². The van der Waals surface area contributed by atoms with Crippen molar-refractivity contribution in [3.63, 3.8) is 0 Å². The first kappa shape index (κ1) is 28.4. The molecule has 3 aromatic carbocycles. The normalized spacial score (nSPS) is 17.3. The van der Waals surface area contributed by atoms with Gasteiger partial charge >= 0.3 is 5.97 Å². The molecular weight excluding hydrogens is 580 g/mol. The van der Waals surface area contributed by atoms with Crippen LogP contribution in [-0.2, 0) is 24.4 Å². The molecule has 0 unspecified atom stereocenters. The van der Waals surface area contributed by atoms with Crippen LogP contribution in [0.2, 0.25) is 0 Å². The largest absolute Gasteiger partial charge is 0.478 e. The lowest BCUT2D eigenvalue weighted by molar-refractivity contribution is -0.131. The highest BCUT2D eigenvalue weighted by Crippen LogP contribution is 2.47. The molecule has 3 aliphatic rings. The second kappa shape index (κ2) is 10.8. The Bertz CT molecular complexity index is 2080. The zero-order chi connectivity index (χ0) is 31.6. The summed E-state index contributed by atoms with van der Waals surface area (Å²) in [4.78, 5) is 30.0. The lowest BCUT2D eigenvalue weighted by Gasteiger charge is -2.41. The second-order valence-corrected chi connectivity index (χ2v) is 12.9. The molecule has 0 atom stereocenters. The number of nitrogens with one attached hydrogen (secondary N) is 1. The molecule has 8 rings (SSSR count). The van der Waals surface area contributed by atoms with Gasteiger partial charge < -0.3 is 29.0 Å². The van der Waals surface area contributed by atoms with E-state index in [9.17, 15) is 9.59 Å². The van der Waals surface area contributed by atoms with Crippen LogP contribution in [0.4, 0.5) is 0 Å². The van der Waals surface area contributed by atoms with Gasteiger partial charge in [-0.25, -0.2) is 9.78 Å². The third kappa shape index (κ3) is 4.56. The highest BCUT2D eigenvalue weighted by molar-refractivity contribution is 6.01. The number of rotatable bonds is 7. The maximum absolute atomic E-state index is 14.0. The summed E-state index contributed by atoms with van der Waals surface area (Å²) in [7, 11) is 4.05. The van der Waals surface area contributed by atoms with E-state index in [4.69, 9.17) is 19.6 Å². The zero-order valence-corrected chi connectivity index (χ0v) is 26.0. The van der Waals surface area contributed by atoms with Crippen molar-refractivity contribution in [1.29, 1.82) is 0 Å². The number of hydrogen-bond acceptors (Lipinski definition) is 5. The molecule has 2 aromatic heterocycles. The Morgan fingerprint density at radius 3 is 2.50 bits per heavy atom. The maximum atomic E-state index is 14.0. The summed E-state index contributed by atoms with van der Waals surface area (Å²) in [6.45, 7) is 0.239. The van der Waals surface area contributed by atoms with Gasteiger partial charge in [0.05, 0.1) is 22.3 Å². The Balaban J connectivity index is 1.15. The average Bonchev–Trinajstić information content (AvgIpc) is 3.84. The summed E-state index contributed by atoms with van der Waals surface area (Å²) in [6, 6.07) is 18.0. The summed E-state index contributed by atoms with van der Waals surface area (Å²) in [5.41, 5.74) is 7.19. The molecule has 2 aliphatic carbocycles. The Kier molecular flexibility index (Phi) is 6.67. The molecule has 234 valence electrons. The molecule has 9 heteroatoms. The predicted molar refractivity (Wildman–Crippen MR) is 176 cm³/mol. The van der Waals surface area contributed by atoms with E-state index in [0.29, 0.717) is 11.5 Å². The third-order valence-electron chi connectivity index (χ3n) is 10.2. The van der Waals surface area contributed by atoms with Crippen LogP contribution in [0.1, 0.15) is 78.2 Å². The van der Waals surface area contributed by atoms with Gasteiger partial charge in [-0.3, -0.25) is 4.79 Å². The van der Waals surface area contributed by atoms with E-state index in [0.717, 1.165) is 83.2 Å². The zero-order valence-electron chi connectivity index (χ0n) is 26.0. The Morgan fingerprint density at radius 1 is 0.935 bits per heavy atom. The number of carbonyl (C=O) groups is 2. The van der Waals surface area contributed by atoms with Gasteiger partial charge in [0.2, 0.25) is 6.79 Å². The number of aromatic nitrogens is 3. The SMILES string of the molecule is Cn1c(C2(NC(=O)c3ccc4c(C5CCCC5)c(-c5ccc6c(c5)OCO6)n(C)c4c3)CCC2)nc2ccc(/C=C/C(=O)O)cc21. The van der Waals surface area contributed by atoms with Gasteiger partial charge in [0.1, 0.15) is 5.82 Å². The van der Waals surface area contributed by atoms with Crippen LogP contribution in [0.15, 0.2) is 60.7 Å². The number of carbonyl (C=O) groups excluding carboxylic acids is 1. The van der Waals surface area contributed by atoms with E-state index in [1.807, 2.05) is 48.0 Å². The first-order valence-corrected chi connectivity index (χ1v) is 16.0. The molecule has 2 fully saturated rings. The van der Waals surface area contributed by atoms with E-state index in [1.54, 1.807) is 6.08 Å². The van der Waals surface area contributed by atoms with Crippen molar-refractivity contribution in [3.8, 4) is 22.8 Å². The third-order valence-corrected chi connectivity index (χ3v) is 10.2. The molecule has 1 amide bonds. The van der Waals surface area contributed by atoms with E-state index in [2.05, 4.69) is 35.1 Å². The van der Waals surface area contributed by atoms with Crippen LogP contribution in [0.5, 0.6) is 11.5 Å². The van der Waals surface area contributed by atoms with Crippen molar-refractivity contribution in [1.82, 2.24) is 19.4 Å². The van der Waals surface area contributed by atoms with Gasteiger partial charge in [0.15, 0.2) is 11.5 Å². The number of aliphatic carboxylic acids is 1. The van der Waals surface area contributed by atoms with Crippen molar-refractivity contribution in [2.24, 2.45) is 14.1 Å². The molecule has 0 bridgehead atoms. The number of imidazole rings is 1. The molecule has 1 aliphatic heterocycles. The highest BCUT2D eigenvalue weighted by Gasteiger charge is 2.44. The summed E-state index contributed by atoms with van der Waals surface area (Å²) in [6.07, 6.45) is 10.1. The quantitative estimate of drug-likeness (QED) is 0.190. The van der Waals surface area contributed by atoms with Crippen molar-refractivity contribution < 1.29 is 24.2 Å². The minimum Gasteiger partial charge on any atom is -0.478 e. The molecule has 2 N–H and O–H groups in total. The Labute approximate surface area is 266 Å². The smallest absolute Gasteiger partial charge is 0.328 e. The van der Waals surface area contributed by atoms with Gasteiger partial charge in [0.25, 0.3) is 5.91 Å². The molecule has 3 heterocycles. The number of benzene rings is 3. The van der Waals surface area contributed by atoms with Gasteiger partial charge in [-0.1, -0.05) is 25.0 Å². The number of aryl methyl sites for hydroxylation is 2. The summed E-state index contributed by atoms with van der Waals surface area (Å²) < 4.78 is 15.6. The number of nitrogens with zero attached hydrogens (tertiary/aromatic N) is 3. The first-order valence-electron chi connectivity index (χ1n) is 16.0. The lowest BCUT2D eigenvalue weighted by atomic mass is 9.75. The van der Waals surface area contributed by atoms with E-state index in [1.165, 1.54) is 29.5 Å². The van der Waals surface area contributed by atoms with Crippen molar-refractivity contribution in [2.45, 2.75) is 56.4 Å². The fourth-order valence-corrected chi connectivity index (χ4v) is 7.76. The number of ether oxygens (including phenoxy) is 2. The standard InChI is InChI=1S/C37H36N4O5/c1-40-28-19-25(10-12-26(28)33(23-6-3-4-7-23)34(40)24-11-14-30-31(20-24)46-21-45-30)35(44)39-37(16-5-17-37)36-38-27-13-8-22(9-15-32(42)43)18-29(27)41(36)2/h8-15,18-20,23H,3-7,16-17,21H2,1-2H3,(H,39,44)(H,42,43)/b15-9+. The van der Waals surface area contributed by atoms with Crippen LogP contribution in [0.3, 0.4) is 0 Å². The van der Waals surface area contributed by atoms with Crippen molar-refractivity contribution in [3.05, 3.63) is 83.2 Å². The molecular formula is C37H36N4O5. The van der Waals surface area contributed by atoms with E-state index < -0.39 is 11.5 Å². The fourth-order valence-electron chi connectivity index (χ4n) is 7.76. The Hall–Kier alpha value is -5.05. The lowest BCUT2D eigenvalue weighted by Crippen LogP contribution is -2.52. The molecule has 9 nitrogen and oxygen atoms in total. The van der Waals surface area contributed by atoms with Crippen molar-refractivity contribution >= 4 is 39.9 Å². The van der Waals surface area contributed by atoms with Crippen LogP contribution in [-0.4, -0.2) is 37.9 Å². The van der Waals surface area contributed by atoms with Gasteiger partial charge in [-0.05, 0) is 97.7 Å². The first-order chi connectivity index (χ1) is 22.3. The molecule has 0 radical (unpaired) electrons. The fraction of sp³-hybridized carbons (Fsp3) is 0.324. The number of amides is 1. The Morgan fingerprint density at radius 2 is 1.74 bits per heavy atom. The molecule has 46 heavy (non-hydrogen) atoms. The maximum Gasteiger partial charge on any atom is 0.328 e. The second-order valence-electron chi connectivity index (χ2n) is 12.9. The van der Waals surface area contributed by atoms with Crippen LogP contribution < -0.4 is 14.8 Å². The molecule has 0 spiro atoms. The average molecular weight is 617 g/mol. The van der Waals surface area contributed by atoms with Gasteiger partial charge in [-0.2, -0.15) is 0 Å². The number of carboxylic acids is 1. The molecule has 0 saturated heterocycles. The summed E-state index contributed by atoms with van der Waals surface area (Å²) >= 11 is 0. The van der Waals surface area contributed by atoms with Crippen LogP contribution in [0.25, 0.3) is 39.3 Å². The monoisotopic (exact) mass is 616 g/mol. The van der Waals surface area contributed by atoms with Gasteiger partial charge in [-0.15, -0.1) is 0 Å². The highest BCUT2D eigenvalue weighted by atomic mass is 16.7. The van der Waals surface area contributed by atoms with Crippen LogP contribution >= 0.6 is 0 Å². The van der Waals surface area contributed by atoms with Crippen LogP contribution in [0, 0.1) is 0 Å².